The van der Waals surface area contributed by atoms with Crippen molar-refractivity contribution in [1.82, 2.24) is 0 Å². The Hall–Kier alpha value is -0.870. The van der Waals surface area contributed by atoms with E-state index in [1.807, 2.05) is 0 Å². The molecular weight excluding hydrogens is 248 g/mol. The van der Waals surface area contributed by atoms with Crippen LogP contribution in [0.5, 0.6) is 0 Å². The minimum absolute atomic E-state index is 0.187. The number of rotatable bonds is 4. The van der Waals surface area contributed by atoms with Crippen LogP contribution in [0.2, 0.25) is 5.02 Å². The zero-order valence-electron chi connectivity index (χ0n) is 9.10. The molecule has 0 spiro atoms. The maximum Gasteiger partial charge on any atom is 0.179 e. The van der Waals surface area contributed by atoms with Crippen molar-refractivity contribution in [1.29, 1.82) is 0 Å². The van der Waals surface area contributed by atoms with E-state index in [0.717, 1.165) is 0 Å². The summed E-state index contributed by atoms with van der Waals surface area (Å²) in [5.41, 5.74) is -0.877. The van der Waals surface area contributed by atoms with E-state index in [-0.39, 0.29) is 10.6 Å². The molecular formula is C11H13ClO3S. The molecule has 88 valence electrons. The van der Waals surface area contributed by atoms with E-state index >= 15 is 0 Å². The van der Waals surface area contributed by atoms with E-state index in [1.54, 1.807) is 13.8 Å². The summed E-state index contributed by atoms with van der Waals surface area (Å²) in [6.07, 6.45) is 0.653. The molecule has 0 fully saturated rings. The van der Waals surface area contributed by atoms with Gasteiger partial charge >= 0.3 is 0 Å². The highest BCUT2D eigenvalue weighted by Gasteiger charge is 2.26. The van der Waals surface area contributed by atoms with Crippen molar-refractivity contribution in [2.24, 2.45) is 5.41 Å². The molecule has 16 heavy (non-hydrogen) atoms. The summed E-state index contributed by atoms with van der Waals surface area (Å²) in [5.74, 6) is -0.203. The first-order chi connectivity index (χ1) is 7.27. The number of aldehydes is 1. The molecule has 0 aliphatic rings. The van der Waals surface area contributed by atoms with Crippen LogP contribution in [-0.4, -0.2) is 20.5 Å². The van der Waals surface area contributed by atoms with Crippen LogP contribution in [0.25, 0.3) is 0 Å². The number of carbonyl (C=O) groups is 1. The Bertz CT molecular complexity index is 474. The molecule has 0 saturated carbocycles. The van der Waals surface area contributed by atoms with Crippen LogP contribution in [0.3, 0.4) is 0 Å². The normalized spacial score (nSPS) is 12.4. The molecule has 0 N–H and O–H groups in total. The van der Waals surface area contributed by atoms with Gasteiger partial charge in [-0.05, 0) is 24.3 Å². The molecule has 5 heteroatoms. The van der Waals surface area contributed by atoms with E-state index in [2.05, 4.69) is 0 Å². The second kappa shape index (κ2) is 4.55. The molecule has 3 nitrogen and oxygen atoms in total. The minimum atomic E-state index is -3.44. The molecule has 0 atom stereocenters. The van der Waals surface area contributed by atoms with Crippen LogP contribution >= 0.6 is 11.6 Å². The number of hydrogen-bond donors (Lipinski definition) is 0. The Labute approximate surface area is 100 Å². The second-order valence-corrected chi connectivity index (χ2v) is 6.75. The average molecular weight is 261 g/mol. The lowest BCUT2D eigenvalue weighted by molar-refractivity contribution is -0.113. The highest BCUT2D eigenvalue weighted by Crippen LogP contribution is 2.21. The quantitative estimate of drug-likeness (QED) is 0.781. The minimum Gasteiger partial charge on any atom is -0.303 e. The molecule has 0 aliphatic carbocycles. The summed E-state index contributed by atoms with van der Waals surface area (Å²) < 4.78 is 23.8. The summed E-state index contributed by atoms with van der Waals surface area (Å²) in [6.45, 7) is 3.18. The Morgan fingerprint density at radius 2 is 1.75 bits per heavy atom. The van der Waals surface area contributed by atoms with Gasteiger partial charge in [0, 0.05) is 10.4 Å². The lowest BCUT2D eigenvalue weighted by Crippen LogP contribution is -2.25. The van der Waals surface area contributed by atoms with Gasteiger partial charge in [-0.2, -0.15) is 0 Å². The third kappa shape index (κ3) is 3.32. The number of hydrogen-bond acceptors (Lipinski definition) is 3. The first kappa shape index (κ1) is 13.2. The van der Waals surface area contributed by atoms with Crippen molar-refractivity contribution in [2.45, 2.75) is 18.7 Å². The number of benzene rings is 1. The van der Waals surface area contributed by atoms with Gasteiger partial charge in [-0.1, -0.05) is 25.4 Å². The van der Waals surface area contributed by atoms with Gasteiger partial charge in [0.1, 0.15) is 6.29 Å². The second-order valence-electron chi connectivity index (χ2n) is 4.32. The summed E-state index contributed by atoms with van der Waals surface area (Å²) in [4.78, 5) is 10.9. The molecule has 0 amide bonds. The van der Waals surface area contributed by atoms with E-state index < -0.39 is 15.3 Å². The molecule has 0 aromatic heterocycles. The molecule has 0 heterocycles. The van der Waals surface area contributed by atoms with Gasteiger partial charge < -0.3 is 4.79 Å². The van der Waals surface area contributed by atoms with E-state index in [9.17, 15) is 13.2 Å². The standard InChI is InChI=1S/C11H13ClO3S/c1-11(2,7-13)8-16(14,15)10-5-3-9(12)4-6-10/h3-7H,8H2,1-2H3. The zero-order chi connectivity index (χ0) is 12.4. The lowest BCUT2D eigenvalue weighted by Gasteiger charge is -2.16. The zero-order valence-corrected chi connectivity index (χ0v) is 10.7. The summed E-state index contributed by atoms with van der Waals surface area (Å²) in [5, 5.41) is 0.480. The topological polar surface area (TPSA) is 51.2 Å². The fourth-order valence-electron chi connectivity index (χ4n) is 1.25. The SMILES string of the molecule is CC(C)(C=O)CS(=O)(=O)c1ccc(Cl)cc1. The lowest BCUT2D eigenvalue weighted by atomic mass is 10.00. The number of sulfone groups is 1. The van der Waals surface area contributed by atoms with Crippen molar-refractivity contribution in [3.05, 3.63) is 29.3 Å². The Kier molecular flexibility index (Phi) is 3.76. The predicted molar refractivity (Wildman–Crippen MR) is 63.3 cm³/mol. The highest BCUT2D eigenvalue weighted by molar-refractivity contribution is 7.91. The van der Waals surface area contributed by atoms with Crippen LogP contribution in [0.1, 0.15) is 13.8 Å². The van der Waals surface area contributed by atoms with Crippen LogP contribution < -0.4 is 0 Å². The van der Waals surface area contributed by atoms with Gasteiger partial charge in [0.05, 0.1) is 10.6 Å². The monoisotopic (exact) mass is 260 g/mol. The van der Waals surface area contributed by atoms with Crippen molar-refractivity contribution >= 4 is 27.7 Å². The third-order valence-electron chi connectivity index (χ3n) is 2.05. The molecule has 0 radical (unpaired) electrons. The van der Waals surface area contributed by atoms with Crippen molar-refractivity contribution in [2.75, 3.05) is 5.75 Å². The van der Waals surface area contributed by atoms with Crippen LogP contribution in [-0.2, 0) is 14.6 Å². The molecule has 0 aliphatic heterocycles. The third-order valence-corrected chi connectivity index (χ3v) is 4.42. The first-order valence-electron chi connectivity index (χ1n) is 4.71. The highest BCUT2D eigenvalue weighted by atomic mass is 35.5. The molecule has 1 aromatic rings. The Morgan fingerprint density at radius 3 is 2.19 bits per heavy atom. The fourth-order valence-corrected chi connectivity index (χ4v) is 3.14. The van der Waals surface area contributed by atoms with E-state index in [4.69, 9.17) is 11.6 Å². The summed E-state index contributed by atoms with van der Waals surface area (Å²) in [7, 11) is -3.44. The Balaban J connectivity index is 3.04. The predicted octanol–water partition coefficient (Wildman–Crippen LogP) is 2.34. The first-order valence-corrected chi connectivity index (χ1v) is 6.74. The average Bonchev–Trinajstić information content (AvgIpc) is 2.17. The van der Waals surface area contributed by atoms with Crippen LogP contribution in [0, 0.1) is 5.41 Å². The Morgan fingerprint density at radius 1 is 1.25 bits per heavy atom. The van der Waals surface area contributed by atoms with Crippen LogP contribution in [0.4, 0.5) is 0 Å². The van der Waals surface area contributed by atoms with E-state index in [0.29, 0.717) is 11.3 Å². The molecule has 0 unspecified atom stereocenters. The largest absolute Gasteiger partial charge is 0.303 e. The molecule has 1 rings (SSSR count). The molecule has 1 aromatic carbocycles. The van der Waals surface area contributed by atoms with Crippen LogP contribution in [0.15, 0.2) is 29.2 Å². The summed E-state index contributed by atoms with van der Waals surface area (Å²) >= 11 is 5.67. The van der Waals surface area contributed by atoms with Gasteiger partial charge in [0.15, 0.2) is 9.84 Å². The van der Waals surface area contributed by atoms with Crippen molar-refractivity contribution in [3.8, 4) is 0 Å². The molecule has 0 bridgehead atoms. The van der Waals surface area contributed by atoms with Gasteiger partial charge in [0.25, 0.3) is 0 Å². The summed E-state index contributed by atoms with van der Waals surface area (Å²) in [6, 6.07) is 5.92. The van der Waals surface area contributed by atoms with Gasteiger partial charge in [-0.3, -0.25) is 0 Å². The van der Waals surface area contributed by atoms with Gasteiger partial charge in [0.2, 0.25) is 0 Å². The van der Waals surface area contributed by atoms with Crippen molar-refractivity contribution in [3.63, 3.8) is 0 Å². The van der Waals surface area contributed by atoms with Gasteiger partial charge in [-0.25, -0.2) is 8.42 Å². The number of halogens is 1. The fraction of sp³-hybridized carbons (Fsp3) is 0.364. The van der Waals surface area contributed by atoms with Gasteiger partial charge in [-0.15, -0.1) is 0 Å². The maximum atomic E-state index is 11.9. The maximum absolute atomic E-state index is 11.9. The van der Waals surface area contributed by atoms with E-state index in [1.165, 1.54) is 24.3 Å². The van der Waals surface area contributed by atoms with Crippen molar-refractivity contribution < 1.29 is 13.2 Å². The molecule has 0 saturated heterocycles. The smallest absolute Gasteiger partial charge is 0.179 e. The number of carbonyl (C=O) groups excluding carboxylic acids is 1.